The number of methoxy groups -OCH3 is 2. The second-order valence-corrected chi connectivity index (χ2v) is 3.65. The van der Waals surface area contributed by atoms with Crippen molar-refractivity contribution < 1.29 is 19.4 Å². The molecule has 82 valence electrons. The minimum Gasteiger partial charge on any atom is -0.496 e. The topological polar surface area (TPSA) is 55.8 Å². The third-order valence-corrected chi connectivity index (χ3v) is 2.68. The molecule has 4 nitrogen and oxygen atoms in total. The molecule has 0 fully saturated rings. The number of benzene rings is 1. The van der Waals surface area contributed by atoms with Crippen LogP contribution in [0.3, 0.4) is 0 Å². The Balaban J connectivity index is 3.27. The SMILES string of the molecule is COC(=O)c1cc(Br)c(CO)cc1OC. The van der Waals surface area contributed by atoms with Crippen molar-refractivity contribution in [2.24, 2.45) is 0 Å². The number of carbonyl (C=O) groups is 1. The molecule has 0 aliphatic heterocycles. The molecule has 1 aromatic rings. The Morgan fingerprint density at radius 1 is 1.47 bits per heavy atom. The number of aliphatic hydroxyl groups is 1. The van der Waals surface area contributed by atoms with Crippen molar-refractivity contribution >= 4 is 21.9 Å². The predicted octanol–water partition coefficient (Wildman–Crippen LogP) is 1.74. The molecule has 0 atom stereocenters. The van der Waals surface area contributed by atoms with E-state index in [-0.39, 0.29) is 6.61 Å². The Morgan fingerprint density at radius 3 is 2.60 bits per heavy atom. The van der Waals surface area contributed by atoms with Gasteiger partial charge < -0.3 is 14.6 Å². The van der Waals surface area contributed by atoms with Crippen molar-refractivity contribution in [1.82, 2.24) is 0 Å². The van der Waals surface area contributed by atoms with Crippen LogP contribution in [0.25, 0.3) is 0 Å². The lowest BCUT2D eigenvalue weighted by molar-refractivity contribution is 0.0597. The third kappa shape index (κ3) is 2.49. The van der Waals surface area contributed by atoms with Gasteiger partial charge >= 0.3 is 5.97 Å². The van der Waals surface area contributed by atoms with Crippen molar-refractivity contribution in [2.45, 2.75) is 6.61 Å². The summed E-state index contributed by atoms with van der Waals surface area (Å²) in [6, 6.07) is 3.16. The molecule has 0 aliphatic rings. The van der Waals surface area contributed by atoms with Crippen molar-refractivity contribution in [3.63, 3.8) is 0 Å². The van der Waals surface area contributed by atoms with Crippen LogP contribution in [0.1, 0.15) is 15.9 Å². The highest BCUT2D eigenvalue weighted by molar-refractivity contribution is 9.10. The Hall–Kier alpha value is -1.07. The molecule has 1 aromatic carbocycles. The first-order valence-electron chi connectivity index (χ1n) is 4.19. The second kappa shape index (κ2) is 5.14. The first-order valence-corrected chi connectivity index (χ1v) is 4.99. The van der Waals surface area contributed by atoms with Gasteiger partial charge in [-0.25, -0.2) is 4.79 Å². The van der Waals surface area contributed by atoms with Gasteiger partial charge in [-0.05, 0) is 17.7 Å². The Kier molecular flexibility index (Phi) is 4.11. The molecule has 0 spiro atoms. The van der Waals surface area contributed by atoms with Crippen molar-refractivity contribution in [3.8, 4) is 5.75 Å². The summed E-state index contributed by atoms with van der Waals surface area (Å²) in [5.41, 5.74) is 0.976. The average molecular weight is 275 g/mol. The quantitative estimate of drug-likeness (QED) is 0.854. The van der Waals surface area contributed by atoms with Gasteiger partial charge in [-0.1, -0.05) is 15.9 Å². The number of aliphatic hydroxyl groups excluding tert-OH is 1. The van der Waals surface area contributed by atoms with Crippen LogP contribution in [0.5, 0.6) is 5.75 Å². The molecule has 0 saturated heterocycles. The first kappa shape index (κ1) is 12.0. The van der Waals surface area contributed by atoms with Crippen LogP contribution in [0.15, 0.2) is 16.6 Å². The largest absolute Gasteiger partial charge is 0.496 e. The van der Waals surface area contributed by atoms with Gasteiger partial charge in [0.1, 0.15) is 11.3 Å². The van der Waals surface area contributed by atoms with Gasteiger partial charge in [-0.15, -0.1) is 0 Å². The zero-order chi connectivity index (χ0) is 11.4. The van der Waals surface area contributed by atoms with Crippen LogP contribution in [0.2, 0.25) is 0 Å². The van der Waals surface area contributed by atoms with Gasteiger partial charge in [0.15, 0.2) is 0 Å². The zero-order valence-electron chi connectivity index (χ0n) is 8.41. The highest BCUT2D eigenvalue weighted by atomic mass is 79.9. The lowest BCUT2D eigenvalue weighted by Gasteiger charge is -2.09. The van der Waals surface area contributed by atoms with E-state index in [1.165, 1.54) is 14.2 Å². The normalized spacial score (nSPS) is 9.87. The van der Waals surface area contributed by atoms with Gasteiger partial charge in [-0.3, -0.25) is 0 Å². The van der Waals surface area contributed by atoms with E-state index in [1.807, 2.05) is 0 Å². The standard InChI is InChI=1S/C10H11BrO4/c1-14-9-3-6(5-12)8(11)4-7(9)10(13)15-2/h3-4,12H,5H2,1-2H3. The molecular weight excluding hydrogens is 264 g/mol. The van der Waals surface area contributed by atoms with E-state index in [0.29, 0.717) is 21.3 Å². The fourth-order valence-corrected chi connectivity index (χ4v) is 1.62. The summed E-state index contributed by atoms with van der Waals surface area (Å²) in [6.07, 6.45) is 0. The predicted molar refractivity (Wildman–Crippen MR) is 58.0 cm³/mol. The van der Waals surface area contributed by atoms with E-state index in [9.17, 15) is 4.79 Å². The van der Waals surface area contributed by atoms with Crippen molar-refractivity contribution in [2.75, 3.05) is 14.2 Å². The second-order valence-electron chi connectivity index (χ2n) is 2.79. The number of hydrogen-bond acceptors (Lipinski definition) is 4. The molecule has 0 amide bonds. The summed E-state index contributed by atoms with van der Waals surface area (Å²) in [6.45, 7) is -0.127. The number of carbonyl (C=O) groups excluding carboxylic acids is 1. The lowest BCUT2D eigenvalue weighted by Crippen LogP contribution is -2.05. The smallest absolute Gasteiger partial charge is 0.341 e. The van der Waals surface area contributed by atoms with Crippen LogP contribution in [-0.4, -0.2) is 25.3 Å². The summed E-state index contributed by atoms with van der Waals surface area (Å²) < 4.78 is 10.3. The summed E-state index contributed by atoms with van der Waals surface area (Å²) >= 11 is 3.24. The highest BCUT2D eigenvalue weighted by Gasteiger charge is 2.15. The van der Waals surface area contributed by atoms with Crippen LogP contribution < -0.4 is 4.74 Å². The molecule has 0 aromatic heterocycles. The number of halogens is 1. The number of rotatable bonds is 3. The molecule has 0 unspecified atom stereocenters. The molecule has 0 radical (unpaired) electrons. The van der Waals surface area contributed by atoms with Gasteiger partial charge in [0.2, 0.25) is 0 Å². The van der Waals surface area contributed by atoms with Gasteiger partial charge in [0, 0.05) is 4.47 Å². The molecule has 15 heavy (non-hydrogen) atoms. The fraction of sp³-hybridized carbons (Fsp3) is 0.300. The molecule has 0 heterocycles. The summed E-state index contributed by atoms with van der Waals surface area (Å²) in [7, 11) is 2.76. The Bertz CT molecular complexity index is 376. The molecule has 1 rings (SSSR count). The van der Waals surface area contributed by atoms with Gasteiger partial charge in [0.05, 0.1) is 20.8 Å². The lowest BCUT2D eigenvalue weighted by atomic mass is 10.1. The molecule has 0 aliphatic carbocycles. The maximum absolute atomic E-state index is 11.4. The zero-order valence-corrected chi connectivity index (χ0v) is 10.00. The van der Waals surface area contributed by atoms with E-state index in [0.717, 1.165) is 0 Å². The fourth-order valence-electron chi connectivity index (χ4n) is 1.16. The van der Waals surface area contributed by atoms with E-state index in [1.54, 1.807) is 12.1 Å². The first-order chi connectivity index (χ1) is 7.13. The number of esters is 1. The highest BCUT2D eigenvalue weighted by Crippen LogP contribution is 2.27. The maximum Gasteiger partial charge on any atom is 0.341 e. The molecule has 0 bridgehead atoms. The summed E-state index contributed by atoms with van der Waals surface area (Å²) in [5.74, 6) is -0.0915. The van der Waals surface area contributed by atoms with Crippen LogP contribution in [0, 0.1) is 0 Å². The van der Waals surface area contributed by atoms with Gasteiger partial charge in [0.25, 0.3) is 0 Å². The minimum absolute atomic E-state index is 0.127. The minimum atomic E-state index is -0.475. The number of hydrogen-bond donors (Lipinski definition) is 1. The monoisotopic (exact) mass is 274 g/mol. The van der Waals surface area contributed by atoms with E-state index >= 15 is 0 Å². The van der Waals surface area contributed by atoms with E-state index in [4.69, 9.17) is 9.84 Å². The molecule has 0 saturated carbocycles. The van der Waals surface area contributed by atoms with Crippen LogP contribution in [-0.2, 0) is 11.3 Å². The van der Waals surface area contributed by atoms with Crippen molar-refractivity contribution in [1.29, 1.82) is 0 Å². The Labute approximate surface area is 95.9 Å². The van der Waals surface area contributed by atoms with E-state index in [2.05, 4.69) is 20.7 Å². The van der Waals surface area contributed by atoms with Gasteiger partial charge in [-0.2, -0.15) is 0 Å². The van der Waals surface area contributed by atoms with E-state index < -0.39 is 5.97 Å². The molecule has 5 heteroatoms. The average Bonchev–Trinajstić information content (AvgIpc) is 2.27. The summed E-state index contributed by atoms with van der Waals surface area (Å²) in [4.78, 5) is 11.4. The maximum atomic E-state index is 11.4. The Morgan fingerprint density at radius 2 is 2.13 bits per heavy atom. The van der Waals surface area contributed by atoms with Crippen LogP contribution in [0.4, 0.5) is 0 Å². The van der Waals surface area contributed by atoms with Crippen molar-refractivity contribution in [3.05, 3.63) is 27.7 Å². The molecule has 1 N–H and O–H groups in total. The number of ether oxygens (including phenoxy) is 2. The molecular formula is C10H11BrO4. The summed E-state index contributed by atoms with van der Waals surface area (Å²) in [5, 5.41) is 9.02. The van der Waals surface area contributed by atoms with Crippen LogP contribution >= 0.6 is 15.9 Å². The third-order valence-electron chi connectivity index (χ3n) is 1.94.